The van der Waals surface area contributed by atoms with Crippen molar-refractivity contribution in [2.24, 2.45) is 9.98 Å². The number of likely N-dealkylation sites (N-methyl/N-ethyl adjacent to an activating group) is 1. The Morgan fingerprint density at radius 2 is 2.00 bits per heavy atom. The average molecular weight is 208 g/mol. The second-order valence-electron chi connectivity index (χ2n) is 3.42. The molecule has 1 aliphatic heterocycles. The van der Waals surface area contributed by atoms with Gasteiger partial charge in [-0.25, -0.2) is 9.98 Å². The molecule has 1 fully saturated rings. The zero-order chi connectivity index (χ0) is 11.1. The molecule has 1 rings (SSSR count). The molecule has 0 unspecified atom stereocenters. The van der Waals surface area contributed by atoms with Crippen molar-refractivity contribution in [3.05, 3.63) is 12.8 Å². The van der Waals surface area contributed by atoms with Crippen molar-refractivity contribution in [3.63, 3.8) is 0 Å². The molecule has 0 spiro atoms. The summed E-state index contributed by atoms with van der Waals surface area (Å²) >= 11 is 0. The van der Waals surface area contributed by atoms with Crippen LogP contribution in [0, 0.1) is 0 Å². The maximum Gasteiger partial charge on any atom is 0.224 e. The summed E-state index contributed by atoms with van der Waals surface area (Å²) in [7, 11) is 0. The van der Waals surface area contributed by atoms with Gasteiger partial charge in [-0.3, -0.25) is 0 Å². The van der Waals surface area contributed by atoms with Gasteiger partial charge in [-0.05, 0) is 13.5 Å². The summed E-state index contributed by atoms with van der Waals surface area (Å²) in [6.07, 6.45) is 3.32. The molecule has 0 aliphatic carbocycles. The molecule has 1 aliphatic rings. The third kappa shape index (κ3) is 3.47. The second-order valence-corrected chi connectivity index (χ2v) is 3.42. The highest BCUT2D eigenvalue weighted by Gasteiger charge is 2.17. The van der Waals surface area contributed by atoms with E-state index in [4.69, 9.17) is 0 Å². The first-order valence-electron chi connectivity index (χ1n) is 5.46. The number of nitrogens with zero attached hydrogens (tertiary/aromatic N) is 4. The van der Waals surface area contributed by atoms with Crippen LogP contribution in [0.3, 0.4) is 0 Å². The van der Waals surface area contributed by atoms with Gasteiger partial charge in [0, 0.05) is 38.6 Å². The third-order valence-corrected chi connectivity index (χ3v) is 2.55. The lowest BCUT2D eigenvalue weighted by Gasteiger charge is -2.34. The van der Waals surface area contributed by atoms with E-state index < -0.39 is 0 Å². The van der Waals surface area contributed by atoms with E-state index in [-0.39, 0.29) is 0 Å². The molecule has 0 bridgehead atoms. The zero-order valence-corrected chi connectivity index (χ0v) is 9.69. The predicted octanol–water partition coefficient (Wildman–Crippen LogP) is 1.21. The molecule has 0 aromatic rings. The fraction of sp³-hybridized carbons (Fsp3) is 0.636. The molecule has 0 N–H and O–H groups in total. The van der Waals surface area contributed by atoms with E-state index in [0.29, 0.717) is 0 Å². The molecule has 0 saturated carbocycles. The molecular weight excluding hydrogens is 188 g/mol. The van der Waals surface area contributed by atoms with Gasteiger partial charge >= 0.3 is 0 Å². The Bertz CT molecular complexity index is 249. The molecule has 0 atom stereocenters. The van der Waals surface area contributed by atoms with Crippen LogP contribution in [0.2, 0.25) is 0 Å². The summed E-state index contributed by atoms with van der Waals surface area (Å²) in [6.45, 7) is 13.0. The number of guanidine groups is 1. The molecule has 4 nitrogen and oxygen atoms in total. The van der Waals surface area contributed by atoms with Crippen LogP contribution in [0.25, 0.3) is 0 Å². The van der Waals surface area contributed by atoms with Crippen LogP contribution in [-0.4, -0.2) is 54.7 Å². The first-order valence-corrected chi connectivity index (χ1v) is 5.46. The fourth-order valence-electron chi connectivity index (χ4n) is 1.66. The topological polar surface area (TPSA) is 31.2 Å². The van der Waals surface area contributed by atoms with Crippen molar-refractivity contribution in [2.75, 3.05) is 32.7 Å². The minimum atomic E-state index is 0.781. The van der Waals surface area contributed by atoms with Gasteiger partial charge in [-0.15, -0.1) is 0 Å². The summed E-state index contributed by atoms with van der Waals surface area (Å²) in [6, 6.07) is 0. The van der Waals surface area contributed by atoms with Crippen LogP contribution >= 0.6 is 0 Å². The van der Waals surface area contributed by atoms with Gasteiger partial charge in [0.25, 0.3) is 0 Å². The molecule has 0 radical (unpaired) electrons. The maximum absolute atomic E-state index is 4.25. The lowest BCUT2D eigenvalue weighted by molar-refractivity contribution is 0.189. The molecule has 1 saturated heterocycles. The van der Waals surface area contributed by atoms with Crippen molar-refractivity contribution < 1.29 is 0 Å². The molecule has 4 heteroatoms. The second kappa shape index (κ2) is 6.35. The van der Waals surface area contributed by atoms with E-state index in [1.165, 1.54) is 0 Å². The van der Waals surface area contributed by atoms with E-state index >= 15 is 0 Å². The van der Waals surface area contributed by atoms with E-state index in [0.717, 1.165) is 38.7 Å². The van der Waals surface area contributed by atoms with Gasteiger partial charge in [0.15, 0.2) is 0 Å². The van der Waals surface area contributed by atoms with Gasteiger partial charge in [0.2, 0.25) is 5.96 Å². The van der Waals surface area contributed by atoms with Gasteiger partial charge in [-0.1, -0.05) is 13.5 Å². The van der Waals surface area contributed by atoms with E-state index in [9.17, 15) is 0 Å². The van der Waals surface area contributed by atoms with Crippen LogP contribution in [-0.2, 0) is 0 Å². The minimum Gasteiger partial charge on any atom is -0.338 e. The summed E-state index contributed by atoms with van der Waals surface area (Å²) in [5.74, 6) is 0.781. The molecule has 0 amide bonds. The largest absolute Gasteiger partial charge is 0.338 e. The average Bonchev–Trinajstić information content (AvgIpc) is 2.29. The third-order valence-electron chi connectivity index (χ3n) is 2.55. The van der Waals surface area contributed by atoms with Gasteiger partial charge < -0.3 is 9.80 Å². The van der Waals surface area contributed by atoms with Gasteiger partial charge in [-0.2, -0.15) is 0 Å². The molecule has 84 valence electrons. The summed E-state index contributed by atoms with van der Waals surface area (Å²) in [5.41, 5.74) is 0. The highest BCUT2D eigenvalue weighted by atomic mass is 15.3. The quantitative estimate of drug-likeness (QED) is 0.504. The maximum atomic E-state index is 4.25. The van der Waals surface area contributed by atoms with E-state index in [1.807, 2.05) is 6.92 Å². The standard InChI is InChI=1S/C11H20N4/c1-4-12-11(13-5-2)15-9-7-14(6-3)8-10-15/h4-5H,1,6-10H2,2-3H3/b12-11?,13-5-. The van der Waals surface area contributed by atoms with Crippen molar-refractivity contribution in [1.29, 1.82) is 0 Å². The van der Waals surface area contributed by atoms with Crippen molar-refractivity contribution in [1.82, 2.24) is 9.80 Å². The summed E-state index contributed by atoms with van der Waals surface area (Å²) < 4.78 is 0. The van der Waals surface area contributed by atoms with Crippen LogP contribution in [0.15, 0.2) is 22.8 Å². The monoisotopic (exact) mass is 208 g/mol. The van der Waals surface area contributed by atoms with Crippen LogP contribution in [0.1, 0.15) is 13.8 Å². The Hall–Kier alpha value is -1.16. The lowest BCUT2D eigenvalue weighted by atomic mass is 10.3. The van der Waals surface area contributed by atoms with Crippen molar-refractivity contribution >= 4 is 12.2 Å². The Kier molecular flexibility index (Phi) is 5.04. The first kappa shape index (κ1) is 11.9. The normalized spacial score (nSPS) is 19.9. The highest BCUT2D eigenvalue weighted by Crippen LogP contribution is 2.03. The Morgan fingerprint density at radius 3 is 2.47 bits per heavy atom. The van der Waals surface area contributed by atoms with Gasteiger partial charge in [0.05, 0.1) is 0 Å². The van der Waals surface area contributed by atoms with Crippen LogP contribution in [0.5, 0.6) is 0 Å². The summed E-state index contributed by atoms with van der Waals surface area (Å²) in [4.78, 5) is 13.1. The molecule has 15 heavy (non-hydrogen) atoms. The predicted molar refractivity (Wildman–Crippen MR) is 65.5 cm³/mol. The smallest absolute Gasteiger partial charge is 0.224 e. The minimum absolute atomic E-state index is 0.781. The van der Waals surface area contributed by atoms with Gasteiger partial charge in [0.1, 0.15) is 0 Å². The number of hydrogen-bond acceptors (Lipinski definition) is 2. The Labute approximate surface area is 92.0 Å². The number of hydrogen-bond donors (Lipinski definition) is 0. The Balaban J connectivity index is 2.56. The van der Waals surface area contributed by atoms with Crippen molar-refractivity contribution in [2.45, 2.75) is 13.8 Å². The zero-order valence-electron chi connectivity index (χ0n) is 9.69. The first-order chi connectivity index (χ1) is 7.31. The number of rotatable bonds is 2. The lowest BCUT2D eigenvalue weighted by Crippen LogP contribution is -2.48. The molecule has 1 heterocycles. The molecule has 0 aromatic carbocycles. The number of aliphatic imine (C=N–C) groups is 2. The van der Waals surface area contributed by atoms with E-state index in [1.54, 1.807) is 12.4 Å². The number of piperazine rings is 1. The van der Waals surface area contributed by atoms with Crippen molar-refractivity contribution in [3.8, 4) is 0 Å². The van der Waals surface area contributed by atoms with Crippen LogP contribution < -0.4 is 0 Å². The summed E-state index contributed by atoms with van der Waals surface area (Å²) in [5, 5.41) is 0. The highest BCUT2D eigenvalue weighted by molar-refractivity contribution is 5.87. The SMILES string of the molecule is C=CN=C(/N=C\C)N1CCN(CC)CC1. The molecule has 0 aromatic heterocycles. The Morgan fingerprint density at radius 1 is 1.33 bits per heavy atom. The molecular formula is C11H20N4. The fourth-order valence-corrected chi connectivity index (χ4v) is 1.66. The van der Waals surface area contributed by atoms with Crippen LogP contribution in [0.4, 0.5) is 0 Å². The van der Waals surface area contributed by atoms with E-state index in [2.05, 4.69) is 33.3 Å².